The molecule has 1 saturated carbocycles. The van der Waals surface area contributed by atoms with Crippen LogP contribution in [0.15, 0.2) is 12.1 Å². The first kappa shape index (κ1) is 22.2. The number of primary amides is 1. The zero-order valence-corrected chi connectivity index (χ0v) is 17.9. The molecule has 0 spiro atoms. The van der Waals surface area contributed by atoms with Crippen molar-refractivity contribution >= 4 is 39.1 Å². The Morgan fingerprint density at radius 1 is 1.19 bits per heavy atom. The van der Waals surface area contributed by atoms with Gasteiger partial charge in [-0.3, -0.25) is 14.3 Å². The van der Waals surface area contributed by atoms with E-state index in [0.29, 0.717) is 16.6 Å². The van der Waals surface area contributed by atoms with Gasteiger partial charge in [-0.25, -0.2) is 22.5 Å². The van der Waals surface area contributed by atoms with Crippen LogP contribution in [0.25, 0.3) is 10.2 Å². The van der Waals surface area contributed by atoms with Gasteiger partial charge in [-0.2, -0.15) is 5.10 Å². The summed E-state index contributed by atoms with van der Waals surface area (Å²) >= 11 is 0.828. The van der Waals surface area contributed by atoms with Crippen molar-refractivity contribution < 1.29 is 27.2 Å². The molecule has 3 heterocycles. The highest BCUT2D eigenvalue weighted by Gasteiger charge is 2.32. The molecule has 32 heavy (non-hydrogen) atoms. The molecule has 0 aliphatic heterocycles. The summed E-state index contributed by atoms with van der Waals surface area (Å²) in [6, 6.07) is 1.49. The molecular formula is C20H19F4N5O2S. The van der Waals surface area contributed by atoms with Crippen LogP contribution >= 0.6 is 11.3 Å². The first-order valence-electron chi connectivity index (χ1n) is 9.78. The summed E-state index contributed by atoms with van der Waals surface area (Å²) in [6.07, 6.45) is -4.00. The molecule has 0 bridgehead atoms. The molecular weight excluding hydrogens is 450 g/mol. The zero-order valence-electron chi connectivity index (χ0n) is 17.0. The Balaban J connectivity index is 1.77. The van der Waals surface area contributed by atoms with Crippen LogP contribution in [-0.4, -0.2) is 26.6 Å². The van der Waals surface area contributed by atoms with E-state index in [1.807, 2.05) is 0 Å². The molecule has 0 radical (unpaired) electrons. The van der Waals surface area contributed by atoms with E-state index in [1.165, 1.54) is 19.1 Å². The second-order valence-corrected chi connectivity index (χ2v) is 8.68. The molecule has 0 saturated heterocycles. The molecule has 3 aromatic heterocycles. The Morgan fingerprint density at radius 3 is 2.38 bits per heavy atom. The van der Waals surface area contributed by atoms with E-state index in [1.54, 1.807) is 6.92 Å². The van der Waals surface area contributed by atoms with E-state index in [-0.39, 0.29) is 21.3 Å². The van der Waals surface area contributed by atoms with Crippen molar-refractivity contribution in [2.75, 3.05) is 5.32 Å². The minimum atomic E-state index is -2.79. The van der Waals surface area contributed by atoms with Crippen molar-refractivity contribution in [3.63, 3.8) is 0 Å². The van der Waals surface area contributed by atoms with Gasteiger partial charge in [0.15, 0.2) is 0 Å². The lowest BCUT2D eigenvalue weighted by molar-refractivity contribution is -0.119. The zero-order chi connectivity index (χ0) is 23.3. The van der Waals surface area contributed by atoms with Crippen LogP contribution in [-0.2, 0) is 4.79 Å². The summed E-state index contributed by atoms with van der Waals surface area (Å²) in [6.45, 7) is 3.01. The minimum absolute atomic E-state index is 0.0170. The fraction of sp³-hybridized carbons (Fsp3) is 0.400. The summed E-state index contributed by atoms with van der Waals surface area (Å²) in [5.41, 5.74) is 5.65. The number of hydrogen-bond acceptors (Lipinski definition) is 5. The number of carbonyl (C=O) groups is 2. The number of anilines is 1. The monoisotopic (exact) mass is 469 g/mol. The number of carbonyl (C=O) groups excluding carboxylic acids is 2. The van der Waals surface area contributed by atoms with Gasteiger partial charge in [-0.05, 0) is 50.3 Å². The molecule has 1 unspecified atom stereocenters. The van der Waals surface area contributed by atoms with Crippen molar-refractivity contribution in [1.82, 2.24) is 14.8 Å². The number of nitrogens with one attached hydrogen (secondary N) is 1. The Bertz CT molecular complexity index is 1220. The average molecular weight is 469 g/mol. The van der Waals surface area contributed by atoms with E-state index >= 15 is 0 Å². The van der Waals surface area contributed by atoms with Gasteiger partial charge in [-0.1, -0.05) is 0 Å². The van der Waals surface area contributed by atoms with Crippen LogP contribution in [0.2, 0.25) is 0 Å². The fourth-order valence-corrected chi connectivity index (χ4v) is 4.64. The minimum Gasteiger partial charge on any atom is -0.365 e. The van der Waals surface area contributed by atoms with Crippen LogP contribution in [0.1, 0.15) is 76.9 Å². The Kier molecular flexibility index (Phi) is 5.65. The van der Waals surface area contributed by atoms with Crippen LogP contribution in [0.4, 0.5) is 23.2 Å². The lowest BCUT2D eigenvalue weighted by atomic mass is 10.0. The molecule has 7 nitrogen and oxygen atoms in total. The third kappa shape index (κ3) is 3.94. The molecule has 3 N–H and O–H groups in total. The summed E-state index contributed by atoms with van der Waals surface area (Å²) in [5.74, 6) is -1.45. The lowest BCUT2D eigenvalue weighted by Crippen LogP contribution is -2.26. The van der Waals surface area contributed by atoms with Gasteiger partial charge in [0.1, 0.15) is 27.1 Å². The highest BCUT2D eigenvalue weighted by Crippen LogP contribution is 2.48. The topological polar surface area (TPSA) is 103 Å². The van der Waals surface area contributed by atoms with Crippen LogP contribution in [0, 0.1) is 6.92 Å². The first-order chi connectivity index (χ1) is 15.1. The number of aryl methyl sites for hydroxylation is 1. The van der Waals surface area contributed by atoms with E-state index in [0.717, 1.165) is 28.9 Å². The maximum atomic E-state index is 13.3. The van der Waals surface area contributed by atoms with E-state index in [2.05, 4.69) is 15.4 Å². The highest BCUT2D eigenvalue weighted by molar-refractivity contribution is 7.21. The highest BCUT2D eigenvalue weighted by atomic mass is 32.1. The van der Waals surface area contributed by atoms with Gasteiger partial charge in [0.05, 0.1) is 5.69 Å². The van der Waals surface area contributed by atoms with E-state index in [9.17, 15) is 27.2 Å². The molecule has 12 heteroatoms. The number of nitrogens with two attached hydrogens (primary N) is 1. The fourth-order valence-electron chi connectivity index (χ4n) is 3.62. The Hall–Kier alpha value is -3.02. The third-order valence-electron chi connectivity index (χ3n) is 5.34. The molecule has 4 rings (SSSR count). The number of halogens is 4. The standard InChI is InChI=1S/C20H19F4N5O2S/c1-7-5-12(17(23)24)28-29(7)8(2)19(31)27-14-13-10(9-3-4-9)6-11(16(21)22)26-20(13)32-15(14)18(25)30/h5-6,8-9,16-17H,3-4H2,1-2H3,(H2,25,30)(H,27,31). The largest absolute Gasteiger partial charge is 0.365 e. The molecule has 1 aliphatic rings. The summed E-state index contributed by atoms with van der Waals surface area (Å²) < 4.78 is 53.8. The smallest absolute Gasteiger partial charge is 0.282 e. The predicted molar refractivity (Wildman–Crippen MR) is 110 cm³/mol. The maximum Gasteiger partial charge on any atom is 0.282 e. The van der Waals surface area contributed by atoms with Gasteiger partial charge in [0.2, 0.25) is 5.91 Å². The van der Waals surface area contributed by atoms with Crippen LogP contribution < -0.4 is 11.1 Å². The quantitative estimate of drug-likeness (QED) is 0.483. The summed E-state index contributed by atoms with van der Waals surface area (Å²) in [4.78, 5) is 29.2. The van der Waals surface area contributed by atoms with Crippen LogP contribution in [0.5, 0.6) is 0 Å². The summed E-state index contributed by atoms with van der Waals surface area (Å²) in [7, 11) is 0. The number of amides is 2. The molecule has 1 aliphatic carbocycles. The van der Waals surface area contributed by atoms with Gasteiger partial charge in [0.25, 0.3) is 18.8 Å². The number of rotatable bonds is 7. The number of alkyl halides is 4. The number of aromatic nitrogens is 3. The number of hydrogen-bond donors (Lipinski definition) is 2. The van der Waals surface area contributed by atoms with Crippen molar-refractivity contribution in [2.45, 2.75) is 51.5 Å². The normalized spacial score (nSPS) is 15.0. The van der Waals surface area contributed by atoms with Gasteiger partial charge in [0, 0.05) is 11.1 Å². The average Bonchev–Trinajstić information content (AvgIpc) is 3.40. The molecule has 3 aromatic rings. The van der Waals surface area contributed by atoms with Crippen molar-refractivity contribution in [2.24, 2.45) is 5.73 Å². The van der Waals surface area contributed by atoms with E-state index in [4.69, 9.17) is 5.73 Å². The molecule has 1 fully saturated rings. The molecule has 170 valence electrons. The third-order valence-corrected chi connectivity index (χ3v) is 6.43. The SMILES string of the molecule is Cc1cc(C(F)F)nn1C(C)C(=O)Nc1c(C(N)=O)sc2nc(C(F)F)cc(C3CC3)c12. The predicted octanol–water partition coefficient (Wildman–Crippen LogP) is 4.85. The Labute approximate surface area is 183 Å². The number of nitrogens with zero attached hydrogens (tertiary/aromatic N) is 3. The lowest BCUT2D eigenvalue weighted by Gasteiger charge is -2.16. The molecule has 2 amide bonds. The Morgan fingerprint density at radius 2 is 1.84 bits per heavy atom. The first-order valence-corrected chi connectivity index (χ1v) is 10.6. The number of pyridine rings is 1. The summed E-state index contributed by atoms with van der Waals surface area (Å²) in [5, 5.41) is 6.84. The maximum absolute atomic E-state index is 13.3. The number of fused-ring (bicyclic) bond motifs is 1. The van der Waals surface area contributed by atoms with Crippen LogP contribution in [0.3, 0.4) is 0 Å². The van der Waals surface area contributed by atoms with Crippen molar-refractivity contribution in [1.29, 1.82) is 0 Å². The second kappa shape index (κ2) is 8.15. The van der Waals surface area contributed by atoms with Gasteiger partial charge in [-0.15, -0.1) is 11.3 Å². The van der Waals surface area contributed by atoms with Gasteiger partial charge < -0.3 is 11.1 Å². The van der Waals surface area contributed by atoms with Gasteiger partial charge >= 0.3 is 0 Å². The van der Waals surface area contributed by atoms with Crippen molar-refractivity contribution in [3.8, 4) is 0 Å². The second-order valence-electron chi connectivity index (χ2n) is 7.68. The van der Waals surface area contributed by atoms with Crippen molar-refractivity contribution in [3.05, 3.63) is 39.7 Å². The molecule has 1 atom stereocenters. The molecule has 0 aromatic carbocycles. The number of thiophene rings is 1. The van der Waals surface area contributed by atoms with E-state index < -0.39 is 42.1 Å².